The van der Waals surface area contributed by atoms with E-state index >= 15 is 0 Å². The van der Waals surface area contributed by atoms with Crippen molar-refractivity contribution < 1.29 is 22.4 Å². The summed E-state index contributed by atoms with van der Waals surface area (Å²) in [5.74, 6) is -0.845. The molecular formula is C16H23FN4O4S. The number of urea groups is 1. The van der Waals surface area contributed by atoms with Gasteiger partial charge in [0, 0.05) is 39.1 Å². The first-order valence-electron chi connectivity index (χ1n) is 8.38. The SMILES string of the molecule is NC(=O)NCCCCC(=O)N1CCN(S(=O)(=O)c2ccccc2F)CC1. The van der Waals surface area contributed by atoms with Crippen LogP contribution in [0.3, 0.4) is 0 Å². The molecule has 3 N–H and O–H groups in total. The molecule has 1 aromatic carbocycles. The van der Waals surface area contributed by atoms with Gasteiger partial charge in [-0.2, -0.15) is 4.31 Å². The zero-order chi connectivity index (χ0) is 19.2. The number of nitrogens with one attached hydrogen (secondary N) is 1. The van der Waals surface area contributed by atoms with Crippen molar-refractivity contribution in [2.75, 3.05) is 32.7 Å². The summed E-state index contributed by atoms with van der Waals surface area (Å²) >= 11 is 0. The van der Waals surface area contributed by atoms with Crippen molar-refractivity contribution in [3.63, 3.8) is 0 Å². The number of benzene rings is 1. The highest BCUT2D eigenvalue weighted by Gasteiger charge is 2.31. The highest BCUT2D eigenvalue weighted by molar-refractivity contribution is 7.89. The van der Waals surface area contributed by atoms with Crippen molar-refractivity contribution >= 4 is 22.0 Å². The molecule has 1 aliphatic heterocycles. The summed E-state index contributed by atoms with van der Waals surface area (Å²) in [6.45, 7) is 1.21. The van der Waals surface area contributed by atoms with Gasteiger partial charge in [0.2, 0.25) is 15.9 Å². The molecule has 0 aromatic heterocycles. The maximum Gasteiger partial charge on any atom is 0.312 e. The number of hydrogen-bond donors (Lipinski definition) is 2. The van der Waals surface area contributed by atoms with Crippen LogP contribution in [0.2, 0.25) is 0 Å². The van der Waals surface area contributed by atoms with Crippen molar-refractivity contribution in [1.82, 2.24) is 14.5 Å². The summed E-state index contributed by atoms with van der Waals surface area (Å²) in [6.07, 6.45) is 1.56. The molecule has 1 aliphatic rings. The summed E-state index contributed by atoms with van der Waals surface area (Å²) < 4.78 is 40.0. The van der Waals surface area contributed by atoms with E-state index in [-0.39, 0.29) is 37.0 Å². The van der Waals surface area contributed by atoms with E-state index in [1.807, 2.05) is 0 Å². The Balaban J connectivity index is 1.82. The molecule has 0 atom stereocenters. The minimum Gasteiger partial charge on any atom is -0.352 e. The molecule has 1 saturated heterocycles. The molecule has 1 heterocycles. The highest BCUT2D eigenvalue weighted by atomic mass is 32.2. The molecule has 1 fully saturated rings. The van der Waals surface area contributed by atoms with Gasteiger partial charge in [0.1, 0.15) is 10.7 Å². The van der Waals surface area contributed by atoms with Crippen LogP contribution >= 0.6 is 0 Å². The van der Waals surface area contributed by atoms with Crippen LogP contribution in [0, 0.1) is 5.82 Å². The predicted octanol–water partition coefficient (Wildman–Crippen LogP) is 0.497. The van der Waals surface area contributed by atoms with Gasteiger partial charge in [-0.1, -0.05) is 12.1 Å². The first-order valence-corrected chi connectivity index (χ1v) is 9.82. The lowest BCUT2D eigenvalue weighted by Crippen LogP contribution is -2.50. The van der Waals surface area contributed by atoms with E-state index in [9.17, 15) is 22.4 Å². The second-order valence-corrected chi connectivity index (χ2v) is 7.87. The molecule has 26 heavy (non-hydrogen) atoms. The number of nitrogens with zero attached hydrogens (tertiary/aromatic N) is 2. The molecule has 8 nitrogen and oxygen atoms in total. The summed E-state index contributed by atoms with van der Waals surface area (Å²) in [7, 11) is -3.91. The molecule has 0 spiro atoms. The van der Waals surface area contributed by atoms with Crippen LogP contribution in [0.4, 0.5) is 9.18 Å². The van der Waals surface area contributed by atoms with Crippen molar-refractivity contribution in [1.29, 1.82) is 0 Å². The Bertz CT molecular complexity index is 748. The lowest BCUT2D eigenvalue weighted by atomic mass is 10.2. The summed E-state index contributed by atoms with van der Waals surface area (Å²) in [6, 6.07) is 4.66. The van der Waals surface area contributed by atoms with E-state index in [0.29, 0.717) is 25.8 Å². The van der Waals surface area contributed by atoms with Gasteiger partial charge in [0.05, 0.1) is 0 Å². The Morgan fingerprint density at radius 3 is 2.38 bits per heavy atom. The highest BCUT2D eigenvalue weighted by Crippen LogP contribution is 2.20. The average Bonchev–Trinajstić information content (AvgIpc) is 2.61. The number of carbonyl (C=O) groups excluding carboxylic acids is 2. The third-order valence-electron chi connectivity index (χ3n) is 4.16. The molecule has 3 amide bonds. The number of rotatable bonds is 7. The Morgan fingerprint density at radius 2 is 1.77 bits per heavy atom. The van der Waals surface area contributed by atoms with E-state index in [1.165, 1.54) is 22.5 Å². The van der Waals surface area contributed by atoms with E-state index in [4.69, 9.17) is 5.73 Å². The second-order valence-electron chi connectivity index (χ2n) is 5.96. The van der Waals surface area contributed by atoms with Crippen LogP contribution in [-0.4, -0.2) is 62.3 Å². The quantitative estimate of drug-likeness (QED) is 0.664. The summed E-state index contributed by atoms with van der Waals surface area (Å²) in [4.78, 5) is 24.0. The lowest BCUT2D eigenvalue weighted by Gasteiger charge is -2.34. The van der Waals surface area contributed by atoms with Crippen LogP contribution in [0.1, 0.15) is 19.3 Å². The van der Waals surface area contributed by atoms with E-state index < -0.39 is 21.9 Å². The second kappa shape index (κ2) is 8.95. The van der Waals surface area contributed by atoms with Crippen molar-refractivity contribution in [3.05, 3.63) is 30.1 Å². The van der Waals surface area contributed by atoms with Crippen molar-refractivity contribution in [3.8, 4) is 0 Å². The third-order valence-corrected chi connectivity index (χ3v) is 6.09. The minimum atomic E-state index is -3.91. The van der Waals surface area contributed by atoms with Crippen molar-refractivity contribution in [2.45, 2.75) is 24.2 Å². The molecule has 0 aliphatic carbocycles. The van der Waals surface area contributed by atoms with Gasteiger partial charge in [0.15, 0.2) is 0 Å². The van der Waals surface area contributed by atoms with Crippen LogP contribution in [0.5, 0.6) is 0 Å². The van der Waals surface area contributed by atoms with Crippen LogP contribution < -0.4 is 11.1 Å². The van der Waals surface area contributed by atoms with E-state index in [0.717, 1.165) is 6.07 Å². The normalized spacial score (nSPS) is 15.7. The first kappa shape index (κ1) is 20.1. The van der Waals surface area contributed by atoms with Gasteiger partial charge in [-0.05, 0) is 25.0 Å². The van der Waals surface area contributed by atoms with E-state index in [1.54, 1.807) is 4.90 Å². The number of amides is 3. The van der Waals surface area contributed by atoms with Gasteiger partial charge >= 0.3 is 6.03 Å². The standard InChI is InChI=1S/C16H23FN4O4S/c17-13-5-1-2-6-14(13)26(24,25)21-11-9-20(10-12-21)15(22)7-3-4-8-19-16(18)23/h1-2,5-6H,3-4,7-12H2,(H3,18,19,23). The lowest BCUT2D eigenvalue weighted by molar-refractivity contribution is -0.132. The fourth-order valence-corrected chi connectivity index (χ4v) is 4.23. The molecule has 144 valence electrons. The van der Waals surface area contributed by atoms with Gasteiger partial charge < -0.3 is 16.0 Å². The number of nitrogens with two attached hydrogens (primary N) is 1. The molecule has 0 bridgehead atoms. The molecule has 1 aromatic rings. The van der Waals surface area contributed by atoms with E-state index in [2.05, 4.69) is 5.32 Å². The monoisotopic (exact) mass is 386 g/mol. The number of piperazine rings is 1. The molecule has 2 rings (SSSR count). The third kappa shape index (κ3) is 5.15. The molecule has 10 heteroatoms. The van der Waals surface area contributed by atoms with Gasteiger partial charge in [0.25, 0.3) is 0 Å². The van der Waals surface area contributed by atoms with Crippen LogP contribution in [0.25, 0.3) is 0 Å². The van der Waals surface area contributed by atoms with Gasteiger partial charge in [-0.15, -0.1) is 0 Å². The Kier molecular flexibility index (Phi) is 6.92. The molecular weight excluding hydrogens is 363 g/mol. The fourth-order valence-electron chi connectivity index (χ4n) is 2.74. The summed E-state index contributed by atoms with van der Waals surface area (Å²) in [5, 5.41) is 2.45. The Hall–Kier alpha value is -2.20. The minimum absolute atomic E-state index is 0.0629. The number of unbranched alkanes of at least 4 members (excludes halogenated alkanes) is 1. The largest absolute Gasteiger partial charge is 0.352 e. The molecule has 0 unspecified atom stereocenters. The first-order chi connectivity index (χ1) is 12.3. The van der Waals surface area contributed by atoms with Crippen LogP contribution in [0.15, 0.2) is 29.2 Å². The topological polar surface area (TPSA) is 113 Å². The predicted molar refractivity (Wildman–Crippen MR) is 93.2 cm³/mol. The molecule has 0 radical (unpaired) electrons. The smallest absolute Gasteiger partial charge is 0.312 e. The Labute approximate surface area is 152 Å². The van der Waals surface area contributed by atoms with Gasteiger partial charge in [-0.3, -0.25) is 4.79 Å². The zero-order valence-electron chi connectivity index (χ0n) is 14.4. The fraction of sp³-hybridized carbons (Fsp3) is 0.500. The van der Waals surface area contributed by atoms with Gasteiger partial charge in [-0.25, -0.2) is 17.6 Å². The molecule has 0 saturated carbocycles. The summed E-state index contributed by atoms with van der Waals surface area (Å²) in [5.41, 5.74) is 4.95. The average molecular weight is 386 g/mol. The van der Waals surface area contributed by atoms with Crippen LogP contribution in [-0.2, 0) is 14.8 Å². The van der Waals surface area contributed by atoms with Crippen molar-refractivity contribution in [2.24, 2.45) is 5.73 Å². The number of carbonyl (C=O) groups is 2. The number of hydrogen-bond acceptors (Lipinski definition) is 4. The zero-order valence-corrected chi connectivity index (χ0v) is 15.2. The number of sulfonamides is 1. The maximum atomic E-state index is 13.8. The number of primary amides is 1. The Morgan fingerprint density at radius 1 is 1.12 bits per heavy atom. The number of halogens is 1. The maximum absolute atomic E-state index is 13.8.